The van der Waals surface area contributed by atoms with Crippen LogP contribution in [0.15, 0.2) is 35.4 Å². The molecule has 0 aliphatic heterocycles. The van der Waals surface area contributed by atoms with Crippen LogP contribution >= 0.6 is 11.6 Å². The molecule has 0 bridgehead atoms. The molecule has 0 amide bonds. The maximum Gasteiger partial charge on any atom is 0.259 e. The minimum Gasteiger partial charge on any atom is -0.311 e. The average Bonchev–Trinajstić information content (AvgIpc) is 2.79. The first kappa shape index (κ1) is 12.9. The van der Waals surface area contributed by atoms with E-state index < -0.39 is 0 Å². The van der Waals surface area contributed by atoms with Crippen molar-refractivity contribution in [2.75, 3.05) is 0 Å². The first-order valence-corrected chi connectivity index (χ1v) is 6.59. The van der Waals surface area contributed by atoms with E-state index in [1.807, 2.05) is 24.5 Å². The summed E-state index contributed by atoms with van der Waals surface area (Å²) in [5.74, 6) is 0.641. The molecule has 0 aromatic carbocycles. The number of aryl methyl sites for hydroxylation is 2. The highest BCUT2D eigenvalue weighted by atomic mass is 35.5. The summed E-state index contributed by atoms with van der Waals surface area (Å²) in [6.07, 6.45) is 3.47. The van der Waals surface area contributed by atoms with Crippen LogP contribution in [0.5, 0.6) is 0 Å². The molecule has 0 unspecified atom stereocenters. The largest absolute Gasteiger partial charge is 0.311 e. The highest BCUT2D eigenvalue weighted by molar-refractivity contribution is 6.29. The Balaban J connectivity index is 2.15. The van der Waals surface area contributed by atoms with E-state index in [0.717, 1.165) is 17.0 Å². The Morgan fingerprint density at radius 3 is 2.80 bits per heavy atom. The lowest BCUT2D eigenvalue weighted by molar-refractivity contribution is 0.746. The Labute approximate surface area is 120 Å². The molecule has 0 saturated carbocycles. The van der Waals surface area contributed by atoms with Gasteiger partial charge in [0.25, 0.3) is 5.56 Å². The van der Waals surface area contributed by atoms with E-state index in [9.17, 15) is 4.79 Å². The molecular formula is C14H13ClN4O. The zero-order chi connectivity index (χ0) is 14.3. The Morgan fingerprint density at radius 2 is 2.10 bits per heavy atom. The minimum absolute atomic E-state index is 0.0661. The van der Waals surface area contributed by atoms with Gasteiger partial charge in [0.05, 0.1) is 12.2 Å². The highest BCUT2D eigenvalue weighted by Crippen LogP contribution is 2.11. The molecule has 0 aliphatic rings. The third kappa shape index (κ3) is 2.20. The lowest BCUT2D eigenvalue weighted by Gasteiger charge is -2.11. The SMILES string of the molecule is Cc1cn2c(=O)cc(C)n(Cc3ccc(Cl)nc3)c2n1. The van der Waals surface area contributed by atoms with Crippen LogP contribution in [0.3, 0.4) is 0 Å². The maximum atomic E-state index is 11.9. The summed E-state index contributed by atoms with van der Waals surface area (Å²) < 4.78 is 3.55. The van der Waals surface area contributed by atoms with Crippen LogP contribution in [0, 0.1) is 13.8 Å². The molecule has 6 heteroatoms. The van der Waals surface area contributed by atoms with Crippen molar-refractivity contribution < 1.29 is 0 Å². The summed E-state index contributed by atoms with van der Waals surface area (Å²) in [5, 5.41) is 0.465. The normalized spacial score (nSPS) is 11.2. The van der Waals surface area contributed by atoms with Gasteiger partial charge in [-0.05, 0) is 25.5 Å². The molecule has 3 aromatic heterocycles. The fourth-order valence-corrected chi connectivity index (χ4v) is 2.31. The van der Waals surface area contributed by atoms with E-state index >= 15 is 0 Å². The summed E-state index contributed by atoms with van der Waals surface area (Å²) in [7, 11) is 0. The Morgan fingerprint density at radius 1 is 1.30 bits per heavy atom. The van der Waals surface area contributed by atoms with Crippen LogP contribution in [-0.2, 0) is 6.54 Å². The van der Waals surface area contributed by atoms with Crippen LogP contribution in [-0.4, -0.2) is 18.9 Å². The molecule has 0 saturated heterocycles. The van der Waals surface area contributed by atoms with Crippen molar-refractivity contribution in [3.63, 3.8) is 0 Å². The van der Waals surface area contributed by atoms with Crippen molar-refractivity contribution in [3.8, 4) is 0 Å². The molecule has 0 spiro atoms. The predicted molar refractivity (Wildman–Crippen MR) is 77.3 cm³/mol. The Bertz CT molecular complexity index is 833. The van der Waals surface area contributed by atoms with Gasteiger partial charge in [-0.15, -0.1) is 0 Å². The summed E-state index contributed by atoms with van der Waals surface area (Å²) in [4.78, 5) is 20.4. The molecule has 0 N–H and O–H groups in total. The Kier molecular flexibility index (Phi) is 3.06. The summed E-state index contributed by atoms with van der Waals surface area (Å²) in [5.41, 5.74) is 2.62. The van der Waals surface area contributed by atoms with E-state index in [1.54, 1.807) is 28.9 Å². The summed E-state index contributed by atoms with van der Waals surface area (Å²) >= 11 is 5.79. The summed E-state index contributed by atoms with van der Waals surface area (Å²) in [6.45, 7) is 4.36. The number of fused-ring (bicyclic) bond motifs is 1. The second-order valence-corrected chi connectivity index (χ2v) is 5.14. The van der Waals surface area contributed by atoms with Gasteiger partial charge >= 0.3 is 0 Å². The molecule has 0 atom stereocenters. The smallest absolute Gasteiger partial charge is 0.259 e. The van der Waals surface area contributed by atoms with Gasteiger partial charge in [-0.3, -0.25) is 9.20 Å². The van der Waals surface area contributed by atoms with E-state index in [1.165, 1.54) is 0 Å². The fourth-order valence-electron chi connectivity index (χ4n) is 2.20. The van der Waals surface area contributed by atoms with Crippen LogP contribution in [0.25, 0.3) is 5.78 Å². The highest BCUT2D eigenvalue weighted by Gasteiger charge is 2.09. The molecule has 0 fully saturated rings. The standard InChI is InChI=1S/C14H13ClN4O/c1-9-7-19-13(20)5-10(2)18(14(19)17-9)8-11-3-4-12(15)16-6-11/h3-7H,8H2,1-2H3. The van der Waals surface area contributed by atoms with Gasteiger partial charge in [0.1, 0.15) is 5.15 Å². The number of nitrogens with zero attached hydrogens (tertiary/aromatic N) is 4. The Hall–Kier alpha value is -2.14. The predicted octanol–water partition coefficient (Wildman–Crippen LogP) is 2.21. The number of imidazole rings is 1. The van der Waals surface area contributed by atoms with Gasteiger partial charge in [-0.1, -0.05) is 17.7 Å². The van der Waals surface area contributed by atoms with Gasteiger partial charge in [0.2, 0.25) is 5.78 Å². The molecule has 3 rings (SSSR count). The minimum atomic E-state index is -0.0661. The molecule has 0 radical (unpaired) electrons. The van der Waals surface area contributed by atoms with E-state index in [0.29, 0.717) is 17.5 Å². The third-order valence-corrected chi connectivity index (χ3v) is 3.40. The van der Waals surface area contributed by atoms with Gasteiger partial charge < -0.3 is 4.57 Å². The van der Waals surface area contributed by atoms with Gasteiger partial charge in [-0.25, -0.2) is 9.97 Å². The maximum absolute atomic E-state index is 11.9. The number of hydrogen-bond donors (Lipinski definition) is 0. The van der Waals surface area contributed by atoms with Crippen LogP contribution in [0.2, 0.25) is 5.15 Å². The van der Waals surface area contributed by atoms with E-state index in [-0.39, 0.29) is 5.56 Å². The summed E-state index contributed by atoms with van der Waals surface area (Å²) in [6, 6.07) is 5.28. The van der Waals surface area contributed by atoms with Gasteiger partial charge in [0.15, 0.2) is 0 Å². The van der Waals surface area contributed by atoms with Crippen LogP contribution < -0.4 is 5.56 Å². The monoisotopic (exact) mass is 288 g/mol. The van der Waals surface area contributed by atoms with Gasteiger partial charge in [0, 0.05) is 24.2 Å². The topological polar surface area (TPSA) is 52.2 Å². The number of rotatable bonds is 2. The number of aromatic nitrogens is 4. The second-order valence-electron chi connectivity index (χ2n) is 4.75. The number of hydrogen-bond acceptors (Lipinski definition) is 3. The quantitative estimate of drug-likeness (QED) is 0.679. The number of pyridine rings is 1. The molecule has 3 heterocycles. The first-order valence-electron chi connectivity index (χ1n) is 6.21. The molecule has 0 aliphatic carbocycles. The fraction of sp³-hybridized carbons (Fsp3) is 0.214. The molecular weight excluding hydrogens is 276 g/mol. The molecule has 5 nitrogen and oxygen atoms in total. The lowest BCUT2D eigenvalue weighted by atomic mass is 10.2. The molecule has 20 heavy (non-hydrogen) atoms. The van der Waals surface area contributed by atoms with Crippen molar-refractivity contribution >= 4 is 17.4 Å². The first-order chi connectivity index (χ1) is 9.54. The number of halogens is 1. The molecule has 102 valence electrons. The van der Waals surface area contributed by atoms with Crippen molar-refractivity contribution in [2.45, 2.75) is 20.4 Å². The third-order valence-electron chi connectivity index (χ3n) is 3.17. The van der Waals surface area contributed by atoms with Crippen molar-refractivity contribution in [1.29, 1.82) is 0 Å². The van der Waals surface area contributed by atoms with E-state index in [2.05, 4.69) is 9.97 Å². The van der Waals surface area contributed by atoms with Crippen LogP contribution in [0.4, 0.5) is 0 Å². The van der Waals surface area contributed by atoms with Crippen LogP contribution in [0.1, 0.15) is 17.0 Å². The van der Waals surface area contributed by atoms with Crippen molar-refractivity contribution in [1.82, 2.24) is 18.9 Å². The van der Waals surface area contributed by atoms with Crippen molar-refractivity contribution in [2.24, 2.45) is 0 Å². The molecule has 3 aromatic rings. The zero-order valence-electron chi connectivity index (χ0n) is 11.2. The van der Waals surface area contributed by atoms with Gasteiger partial charge in [-0.2, -0.15) is 0 Å². The van der Waals surface area contributed by atoms with E-state index in [4.69, 9.17) is 11.6 Å². The second kappa shape index (κ2) is 4.76. The average molecular weight is 289 g/mol. The zero-order valence-corrected chi connectivity index (χ0v) is 11.9. The lowest BCUT2D eigenvalue weighted by Crippen LogP contribution is -2.19. The van der Waals surface area contributed by atoms with Crippen molar-refractivity contribution in [3.05, 3.63) is 63.1 Å².